The van der Waals surface area contributed by atoms with E-state index in [4.69, 9.17) is 4.74 Å². The number of hydrogen-bond donors (Lipinski definition) is 1. The van der Waals surface area contributed by atoms with E-state index in [9.17, 15) is 0 Å². The van der Waals surface area contributed by atoms with E-state index < -0.39 is 0 Å². The summed E-state index contributed by atoms with van der Waals surface area (Å²) in [4.78, 5) is 0. The lowest BCUT2D eigenvalue weighted by Crippen LogP contribution is -2.31. The summed E-state index contributed by atoms with van der Waals surface area (Å²) < 4.78 is 5.57. The van der Waals surface area contributed by atoms with Gasteiger partial charge >= 0.3 is 0 Å². The number of hydrogen-bond acceptors (Lipinski definition) is 2. The quantitative estimate of drug-likeness (QED) is 0.637. The largest absolute Gasteiger partial charge is 0.377 e. The first kappa shape index (κ1) is 8.02. The first-order valence-electron chi connectivity index (χ1n) is 4.12. The molecule has 0 aliphatic heterocycles. The van der Waals surface area contributed by atoms with E-state index in [1.807, 2.05) is 7.05 Å². The Labute approximate surface area is 63.0 Å². The highest BCUT2D eigenvalue weighted by molar-refractivity contribution is 4.70. The van der Waals surface area contributed by atoms with Gasteiger partial charge in [0.1, 0.15) is 0 Å². The molecule has 0 radical (unpaired) electrons. The van der Waals surface area contributed by atoms with E-state index in [2.05, 4.69) is 12.2 Å². The zero-order valence-corrected chi connectivity index (χ0v) is 6.89. The van der Waals surface area contributed by atoms with Crippen LogP contribution in [-0.4, -0.2) is 25.8 Å². The highest BCUT2D eigenvalue weighted by Gasteiger charge is 2.17. The Morgan fingerprint density at radius 3 is 2.70 bits per heavy atom. The van der Waals surface area contributed by atoms with Gasteiger partial charge in [0.25, 0.3) is 0 Å². The maximum atomic E-state index is 5.57. The van der Waals surface area contributed by atoms with Crippen LogP contribution in [0.25, 0.3) is 0 Å². The summed E-state index contributed by atoms with van der Waals surface area (Å²) >= 11 is 0. The zero-order chi connectivity index (χ0) is 7.40. The molecule has 0 aromatic carbocycles. The van der Waals surface area contributed by atoms with Gasteiger partial charge in [-0.25, -0.2) is 0 Å². The Morgan fingerprint density at radius 1 is 1.60 bits per heavy atom. The van der Waals surface area contributed by atoms with Crippen LogP contribution in [0.3, 0.4) is 0 Å². The lowest BCUT2D eigenvalue weighted by molar-refractivity contribution is -0.00554. The predicted octanol–water partition coefficient (Wildman–Crippen LogP) is 1.16. The molecule has 1 saturated carbocycles. The molecule has 2 heteroatoms. The third-order valence-electron chi connectivity index (χ3n) is 2.13. The molecule has 1 aliphatic carbocycles. The number of ether oxygens (including phenoxy) is 1. The number of rotatable bonds is 4. The molecule has 0 amide bonds. The zero-order valence-electron chi connectivity index (χ0n) is 6.89. The van der Waals surface area contributed by atoms with Gasteiger partial charge in [-0.05, 0) is 33.2 Å². The summed E-state index contributed by atoms with van der Waals surface area (Å²) in [7, 11) is 1.97. The molecule has 1 fully saturated rings. The van der Waals surface area contributed by atoms with Gasteiger partial charge in [0.15, 0.2) is 0 Å². The second-order valence-electron chi connectivity index (χ2n) is 3.08. The van der Waals surface area contributed by atoms with Gasteiger partial charge in [-0.1, -0.05) is 0 Å². The second-order valence-corrected chi connectivity index (χ2v) is 3.08. The van der Waals surface area contributed by atoms with Crippen molar-refractivity contribution in [3.05, 3.63) is 0 Å². The fourth-order valence-electron chi connectivity index (χ4n) is 0.901. The van der Waals surface area contributed by atoms with Gasteiger partial charge in [-0.2, -0.15) is 0 Å². The molecule has 1 N–H and O–H groups in total. The minimum absolute atomic E-state index is 0.501. The fraction of sp³-hybridized carbons (Fsp3) is 1.00. The lowest BCUT2D eigenvalue weighted by atomic mass is 9.96. The van der Waals surface area contributed by atoms with Gasteiger partial charge in [0, 0.05) is 6.04 Å². The van der Waals surface area contributed by atoms with Crippen molar-refractivity contribution < 1.29 is 4.74 Å². The predicted molar refractivity (Wildman–Crippen MR) is 42.1 cm³/mol. The van der Waals surface area contributed by atoms with E-state index in [0.717, 1.165) is 6.61 Å². The van der Waals surface area contributed by atoms with E-state index in [-0.39, 0.29) is 0 Å². The third-order valence-corrected chi connectivity index (χ3v) is 2.13. The topological polar surface area (TPSA) is 21.3 Å². The summed E-state index contributed by atoms with van der Waals surface area (Å²) in [5, 5.41) is 3.14. The summed E-state index contributed by atoms with van der Waals surface area (Å²) in [6, 6.07) is 0.501. The van der Waals surface area contributed by atoms with Gasteiger partial charge in [0.05, 0.1) is 12.7 Å². The molecule has 0 aromatic rings. The first-order chi connectivity index (χ1) is 4.83. The minimum Gasteiger partial charge on any atom is -0.377 e. The van der Waals surface area contributed by atoms with Gasteiger partial charge in [-0.15, -0.1) is 0 Å². The first-order valence-corrected chi connectivity index (χ1v) is 4.12. The van der Waals surface area contributed by atoms with Crippen molar-refractivity contribution in [3.63, 3.8) is 0 Å². The van der Waals surface area contributed by atoms with E-state index in [1.54, 1.807) is 0 Å². The molecule has 0 bridgehead atoms. The number of nitrogens with one attached hydrogen (secondary N) is 1. The molecule has 1 unspecified atom stereocenters. The molecular weight excluding hydrogens is 126 g/mol. The molecule has 10 heavy (non-hydrogen) atoms. The Kier molecular flexibility index (Phi) is 3.16. The Hall–Kier alpha value is -0.0800. The monoisotopic (exact) mass is 143 g/mol. The molecule has 0 aromatic heterocycles. The molecule has 0 heterocycles. The average molecular weight is 143 g/mol. The summed E-state index contributed by atoms with van der Waals surface area (Å²) in [5.41, 5.74) is 0. The van der Waals surface area contributed by atoms with Crippen molar-refractivity contribution in [3.8, 4) is 0 Å². The van der Waals surface area contributed by atoms with Crippen LogP contribution in [0.15, 0.2) is 0 Å². The van der Waals surface area contributed by atoms with Gasteiger partial charge in [-0.3, -0.25) is 0 Å². The van der Waals surface area contributed by atoms with Crippen LogP contribution in [0.4, 0.5) is 0 Å². The molecule has 60 valence electrons. The van der Waals surface area contributed by atoms with Crippen LogP contribution in [0.1, 0.15) is 26.2 Å². The molecule has 2 nitrogen and oxygen atoms in total. The summed E-state index contributed by atoms with van der Waals surface area (Å²) in [6.45, 7) is 3.00. The molecular formula is C8H17NO. The number of likely N-dealkylation sites (N-methyl/N-ethyl adjacent to an activating group) is 1. The second kappa shape index (κ2) is 3.94. The molecule has 0 saturated heterocycles. The smallest absolute Gasteiger partial charge is 0.0620 e. The van der Waals surface area contributed by atoms with Crippen molar-refractivity contribution >= 4 is 0 Å². The lowest BCUT2D eigenvalue weighted by Gasteiger charge is -2.26. The molecule has 1 rings (SSSR count). The molecule has 1 atom stereocenters. The average Bonchev–Trinajstić information content (AvgIpc) is 1.84. The van der Waals surface area contributed by atoms with Crippen LogP contribution in [0.2, 0.25) is 0 Å². The Balaban J connectivity index is 1.93. The van der Waals surface area contributed by atoms with Crippen molar-refractivity contribution in [2.45, 2.75) is 38.3 Å². The highest BCUT2D eigenvalue weighted by atomic mass is 16.5. The van der Waals surface area contributed by atoms with Crippen molar-refractivity contribution in [1.29, 1.82) is 0 Å². The maximum Gasteiger partial charge on any atom is 0.0620 e. The van der Waals surface area contributed by atoms with Crippen LogP contribution in [0.5, 0.6) is 0 Å². The Bertz CT molecular complexity index is 86.5. The van der Waals surface area contributed by atoms with E-state index >= 15 is 0 Å². The standard InChI is InChI=1S/C8H17NO/c1-7(9-2)6-10-8-4-3-5-8/h7-9H,3-6H2,1-2H3. The van der Waals surface area contributed by atoms with Crippen molar-refractivity contribution in [1.82, 2.24) is 5.32 Å². The van der Waals surface area contributed by atoms with Gasteiger partial charge in [0.2, 0.25) is 0 Å². The fourth-order valence-corrected chi connectivity index (χ4v) is 0.901. The third kappa shape index (κ3) is 2.27. The van der Waals surface area contributed by atoms with E-state index in [0.29, 0.717) is 12.1 Å². The Morgan fingerprint density at radius 2 is 2.30 bits per heavy atom. The SMILES string of the molecule is CNC(C)COC1CCC1. The van der Waals surface area contributed by atoms with Crippen molar-refractivity contribution in [2.75, 3.05) is 13.7 Å². The minimum atomic E-state index is 0.501. The molecule has 1 aliphatic rings. The van der Waals surface area contributed by atoms with Crippen LogP contribution < -0.4 is 5.32 Å². The maximum absolute atomic E-state index is 5.57. The van der Waals surface area contributed by atoms with Crippen LogP contribution in [-0.2, 0) is 4.74 Å². The van der Waals surface area contributed by atoms with Crippen LogP contribution in [0, 0.1) is 0 Å². The summed E-state index contributed by atoms with van der Waals surface area (Å²) in [6.07, 6.45) is 4.49. The van der Waals surface area contributed by atoms with Crippen molar-refractivity contribution in [2.24, 2.45) is 0 Å². The van der Waals surface area contributed by atoms with Gasteiger partial charge < -0.3 is 10.1 Å². The molecule has 0 spiro atoms. The van der Waals surface area contributed by atoms with Crippen LogP contribution >= 0.6 is 0 Å². The van der Waals surface area contributed by atoms with E-state index in [1.165, 1.54) is 19.3 Å². The summed E-state index contributed by atoms with van der Waals surface area (Å²) in [5.74, 6) is 0. The normalized spacial score (nSPS) is 22.2. The highest BCUT2D eigenvalue weighted by Crippen LogP contribution is 2.21.